The van der Waals surface area contributed by atoms with Gasteiger partial charge in [-0.25, -0.2) is 5.43 Å². The van der Waals surface area contributed by atoms with Gasteiger partial charge in [-0.3, -0.25) is 4.79 Å². The lowest BCUT2D eigenvalue weighted by atomic mass is 10.2. The van der Waals surface area contributed by atoms with Crippen molar-refractivity contribution in [2.24, 2.45) is 5.10 Å². The van der Waals surface area contributed by atoms with E-state index in [0.717, 1.165) is 15.0 Å². The molecule has 0 aliphatic carbocycles. The minimum atomic E-state index is -0.241. The molecular weight excluding hydrogens is 348 g/mol. The van der Waals surface area contributed by atoms with Gasteiger partial charge in [-0.05, 0) is 53.4 Å². The number of nitrogens with one attached hydrogen (secondary N) is 1. The third-order valence-corrected chi connectivity index (χ3v) is 4.76. The van der Waals surface area contributed by atoms with Gasteiger partial charge in [-0.1, -0.05) is 0 Å². The first-order valence-corrected chi connectivity index (χ1v) is 7.69. The maximum absolute atomic E-state index is 11.8. The number of nitrogens with two attached hydrogens (primary N) is 1. The highest BCUT2D eigenvalue weighted by molar-refractivity contribution is 9.11. The van der Waals surface area contributed by atoms with Crippen LogP contribution < -0.4 is 11.2 Å². The van der Waals surface area contributed by atoms with E-state index in [1.165, 1.54) is 22.9 Å². The first-order chi connectivity index (χ1) is 8.99. The zero-order valence-corrected chi connectivity index (χ0v) is 13.4. The number of nitrogen functional groups attached to an aromatic ring is 1. The molecule has 0 bridgehead atoms. The molecule has 0 aliphatic rings. The summed E-state index contributed by atoms with van der Waals surface area (Å²) in [6.07, 6.45) is 0. The van der Waals surface area contributed by atoms with E-state index in [9.17, 15) is 4.79 Å². The Morgan fingerprint density at radius 3 is 2.79 bits per heavy atom. The summed E-state index contributed by atoms with van der Waals surface area (Å²) >= 11 is 5.89. The van der Waals surface area contributed by atoms with E-state index < -0.39 is 0 Å². The van der Waals surface area contributed by atoms with Gasteiger partial charge >= 0.3 is 0 Å². The Morgan fingerprint density at radius 1 is 1.53 bits per heavy atom. The fourth-order valence-corrected chi connectivity index (χ4v) is 3.50. The third-order valence-electron chi connectivity index (χ3n) is 2.37. The Kier molecular flexibility index (Phi) is 4.33. The number of nitrogens with zero attached hydrogens (tertiary/aromatic N) is 2. The molecule has 0 saturated carbocycles. The van der Waals surface area contributed by atoms with Crippen LogP contribution in [0.15, 0.2) is 21.0 Å². The zero-order chi connectivity index (χ0) is 14.0. The molecule has 19 heavy (non-hydrogen) atoms. The summed E-state index contributed by atoms with van der Waals surface area (Å²) in [5, 5.41) is 4.67. The summed E-state index contributed by atoms with van der Waals surface area (Å²) in [6, 6.07) is 3.56. The van der Waals surface area contributed by atoms with Gasteiger partial charge in [0.15, 0.2) is 0 Å². The quantitative estimate of drug-likeness (QED) is 0.653. The fraction of sp³-hybridized carbons (Fsp3) is 0.182. The number of aromatic nitrogens is 1. The van der Waals surface area contributed by atoms with Crippen LogP contribution in [0.2, 0.25) is 0 Å². The number of hydrogen-bond acceptors (Lipinski definition) is 6. The second-order valence-electron chi connectivity index (χ2n) is 3.75. The SMILES string of the molecule is C/C(=N/NC(=O)c1ccc(Br)s1)c1c(C)nsc1N. The summed E-state index contributed by atoms with van der Waals surface area (Å²) in [7, 11) is 0. The lowest BCUT2D eigenvalue weighted by Gasteiger charge is -2.01. The van der Waals surface area contributed by atoms with Crippen molar-refractivity contribution in [3.8, 4) is 0 Å². The number of carbonyl (C=O) groups excluding carboxylic acids is 1. The average molecular weight is 359 g/mol. The monoisotopic (exact) mass is 358 g/mol. The van der Waals surface area contributed by atoms with E-state index in [1.807, 2.05) is 13.0 Å². The van der Waals surface area contributed by atoms with Crippen molar-refractivity contribution in [1.29, 1.82) is 0 Å². The highest BCUT2D eigenvalue weighted by Crippen LogP contribution is 2.23. The van der Waals surface area contributed by atoms with Crippen molar-refractivity contribution in [2.45, 2.75) is 13.8 Å². The molecule has 0 aliphatic heterocycles. The van der Waals surface area contributed by atoms with Crippen LogP contribution in [0.4, 0.5) is 5.00 Å². The van der Waals surface area contributed by atoms with Crippen LogP contribution in [0.5, 0.6) is 0 Å². The van der Waals surface area contributed by atoms with E-state index >= 15 is 0 Å². The van der Waals surface area contributed by atoms with Gasteiger partial charge < -0.3 is 5.73 Å². The first-order valence-electron chi connectivity index (χ1n) is 5.31. The number of halogens is 1. The predicted octanol–water partition coefficient (Wildman–Crippen LogP) is 3.01. The molecule has 8 heteroatoms. The van der Waals surface area contributed by atoms with Gasteiger partial charge in [-0.2, -0.15) is 9.47 Å². The summed E-state index contributed by atoms with van der Waals surface area (Å²) in [4.78, 5) is 12.4. The minimum absolute atomic E-state index is 0.241. The molecule has 0 unspecified atom stereocenters. The van der Waals surface area contributed by atoms with Crippen molar-refractivity contribution in [3.05, 3.63) is 32.1 Å². The second-order valence-corrected chi connectivity index (χ2v) is 7.02. The molecule has 0 aromatic carbocycles. The summed E-state index contributed by atoms with van der Waals surface area (Å²) < 4.78 is 5.05. The number of rotatable bonds is 3. The van der Waals surface area contributed by atoms with Gasteiger partial charge in [0.1, 0.15) is 5.00 Å². The maximum atomic E-state index is 11.8. The Balaban J connectivity index is 2.13. The minimum Gasteiger partial charge on any atom is -0.389 e. The molecule has 100 valence electrons. The molecule has 0 radical (unpaired) electrons. The van der Waals surface area contributed by atoms with Crippen molar-refractivity contribution in [2.75, 3.05) is 5.73 Å². The largest absolute Gasteiger partial charge is 0.389 e. The molecule has 0 atom stereocenters. The highest BCUT2D eigenvalue weighted by Gasteiger charge is 2.12. The van der Waals surface area contributed by atoms with E-state index in [2.05, 4.69) is 30.8 Å². The van der Waals surface area contributed by atoms with Crippen LogP contribution in [-0.4, -0.2) is 16.0 Å². The first kappa shape index (κ1) is 14.2. The number of thiophene rings is 1. The molecule has 2 aromatic heterocycles. The van der Waals surface area contributed by atoms with Crippen molar-refractivity contribution in [1.82, 2.24) is 9.80 Å². The Labute approximate surface area is 126 Å². The van der Waals surface area contributed by atoms with E-state index in [0.29, 0.717) is 15.6 Å². The normalized spacial score (nSPS) is 11.6. The molecule has 1 amide bonds. The molecule has 0 spiro atoms. The number of aryl methyl sites for hydroxylation is 1. The Morgan fingerprint density at radius 2 is 2.26 bits per heavy atom. The highest BCUT2D eigenvalue weighted by atomic mass is 79.9. The molecule has 0 saturated heterocycles. The lowest BCUT2D eigenvalue weighted by Crippen LogP contribution is -2.18. The van der Waals surface area contributed by atoms with Crippen LogP contribution in [0, 0.1) is 6.92 Å². The van der Waals surface area contributed by atoms with Gasteiger partial charge in [0.05, 0.1) is 25.6 Å². The zero-order valence-electron chi connectivity index (χ0n) is 10.2. The van der Waals surface area contributed by atoms with Crippen LogP contribution in [0.1, 0.15) is 27.9 Å². The van der Waals surface area contributed by atoms with Crippen molar-refractivity contribution >= 4 is 55.4 Å². The number of carbonyl (C=O) groups is 1. The summed E-state index contributed by atoms with van der Waals surface area (Å²) in [5.74, 6) is -0.241. The topological polar surface area (TPSA) is 80.4 Å². The predicted molar refractivity (Wildman–Crippen MR) is 83.0 cm³/mol. The third kappa shape index (κ3) is 3.20. The van der Waals surface area contributed by atoms with Gasteiger partial charge in [0, 0.05) is 0 Å². The number of anilines is 1. The Hall–Kier alpha value is -1.25. The van der Waals surface area contributed by atoms with E-state index in [1.54, 1.807) is 13.0 Å². The molecular formula is C11H11BrN4OS2. The second kappa shape index (κ2) is 5.81. The summed E-state index contributed by atoms with van der Waals surface area (Å²) in [5.41, 5.74) is 10.6. The molecule has 2 rings (SSSR count). The molecule has 5 nitrogen and oxygen atoms in total. The van der Waals surface area contributed by atoms with Crippen LogP contribution in [0.3, 0.4) is 0 Å². The van der Waals surface area contributed by atoms with Crippen molar-refractivity contribution < 1.29 is 4.79 Å². The Bertz CT molecular complexity index is 627. The standard InChI is InChI=1S/C11H11BrN4OS2/c1-5(9-6(2)16-19-10(9)13)14-15-11(17)7-3-4-8(12)18-7/h3-4H,13H2,1-2H3,(H,15,17)/b14-5-. The number of hydrazone groups is 1. The van der Waals surface area contributed by atoms with Crippen LogP contribution in [0.25, 0.3) is 0 Å². The van der Waals surface area contributed by atoms with Crippen LogP contribution in [-0.2, 0) is 0 Å². The van der Waals surface area contributed by atoms with Crippen LogP contribution >= 0.6 is 38.8 Å². The maximum Gasteiger partial charge on any atom is 0.281 e. The molecule has 0 fully saturated rings. The van der Waals surface area contributed by atoms with Gasteiger partial charge in [0.25, 0.3) is 5.91 Å². The molecule has 3 N–H and O–H groups in total. The van der Waals surface area contributed by atoms with E-state index in [4.69, 9.17) is 5.73 Å². The lowest BCUT2D eigenvalue weighted by molar-refractivity contribution is 0.0959. The fourth-order valence-electron chi connectivity index (χ4n) is 1.51. The molecule has 2 heterocycles. The van der Waals surface area contributed by atoms with E-state index in [-0.39, 0.29) is 5.91 Å². The summed E-state index contributed by atoms with van der Waals surface area (Å²) in [6.45, 7) is 3.65. The number of hydrogen-bond donors (Lipinski definition) is 2. The average Bonchev–Trinajstić information content (AvgIpc) is 2.93. The van der Waals surface area contributed by atoms with Crippen molar-refractivity contribution in [3.63, 3.8) is 0 Å². The smallest absolute Gasteiger partial charge is 0.281 e. The van der Waals surface area contributed by atoms with Gasteiger partial charge in [0.2, 0.25) is 0 Å². The molecule has 2 aromatic rings. The van der Waals surface area contributed by atoms with Gasteiger partial charge in [-0.15, -0.1) is 11.3 Å². The number of amides is 1.